The van der Waals surface area contributed by atoms with Crippen LogP contribution in [0, 0.1) is 2.88 Å². The van der Waals surface area contributed by atoms with Gasteiger partial charge in [0, 0.05) is 0 Å². The van der Waals surface area contributed by atoms with Crippen molar-refractivity contribution >= 4 is 33.9 Å². The minimum absolute atomic E-state index is 0.281. The largest absolute Gasteiger partial charge is 0.309 e. The zero-order valence-corrected chi connectivity index (χ0v) is 16.4. The van der Waals surface area contributed by atoms with E-state index in [9.17, 15) is 0 Å². The van der Waals surface area contributed by atoms with Gasteiger partial charge < -0.3 is 5.32 Å². The maximum Gasteiger partial charge on any atom is 0.0656 e. The van der Waals surface area contributed by atoms with Crippen molar-refractivity contribution in [1.29, 1.82) is 0 Å². The summed E-state index contributed by atoms with van der Waals surface area (Å²) < 4.78 is 1.34. The molecule has 0 aliphatic heterocycles. The number of nitrogens with one attached hydrogen (secondary N) is 1. The van der Waals surface area contributed by atoms with Gasteiger partial charge in [-0.1, -0.05) is 45.9 Å². The highest BCUT2D eigenvalue weighted by Gasteiger charge is 2.19. The summed E-state index contributed by atoms with van der Waals surface area (Å²) in [4.78, 5) is 0. The van der Waals surface area contributed by atoms with E-state index in [2.05, 4.69) is 92.3 Å². The van der Waals surface area contributed by atoms with Crippen molar-refractivity contribution in [2.45, 2.75) is 45.6 Å². The summed E-state index contributed by atoms with van der Waals surface area (Å²) in [6.45, 7) is 9.09. The average molecular weight is 413 g/mol. The zero-order valence-electron chi connectivity index (χ0n) is 13.4. The van der Waals surface area contributed by atoms with Crippen LogP contribution >= 0.6 is 33.9 Å². The third-order valence-corrected chi connectivity index (χ3v) is 5.73. The summed E-state index contributed by atoms with van der Waals surface area (Å²) >= 11 is 4.21. The van der Waals surface area contributed by atoms with E-state index in [1.807, 2.05) is 11.3 Å². The van der Waals surface area contributed by atoms with Gasteiger partial charge in [-0.15, -0.1) is 11.3 Å². The van der Waals surface area contributed by atoms with Crippen LogP contribution in [-0.4, -0.2) is 7.05 Å². The van der Waals surface area contributed by atoms with Gasteiger partial charge in [0.15, 0.2) is 0 Å². The Balaban J connectivity index is 2.50. The maximum absolute atomic E-state index is 3.50. The molecule has 1 atom stereocenters. The van der Waals surface area contributed by atoms with E-state index >= 15 is 0 Å². The van der Waals surface area contributed by atoms with Crippen LogP contribution in [0.4, 0.5) is 0 Å². The fourth-order valence-corrected chi connectivity index (χ4v) is 4.09. The molecule has 1 nitrogen and oxygen atoms in total. The van der Waals surface area contributed by atoms with E-state index in [-0.39, 0.29) is 6.04 Å². The standard InChI is InChI=1S/C18H24INS/c1-11(2)13-6-7-15(16(8-13)12(3)4)18(20-5)14-9-17(19)21-10-14/h6-12,18,20H,1-5H3. The summed E-state index contributed by atoms with van der Waals surface area (Å²) in [5.74, 6) is 1.11. The topological polar surface area (TPSA) is 12.0 Å². The van der Waals surface area contributed by atoms with E-state index in [0.717, 1.165) is 0 Å². The third-order valence-electron chi connectivity index (χ3n) is 3.92. The van der Waals surface area contributed by atoms with E-state index in [1.165, 1.54) is 25.1 Å². The molecule has 21 heavy (non-hydrogen) atoms. The van der Waals surface area contributed by atoms with E-state index in [0.29, 0.717) is 11.8 Å². The number of hydrogen-bond donors (Lipinski definition) is 1. The number of rotatable bonds is 5. The number of thiophene rings is 1. The molecule has 3 heteroatoms. The summed E-state index contributed by atoms with van der Waals surface area (Å²) in [6.07, 6.45) is 0. The predicted octanol–water partition coefficient (Wildman–Crippen LogP) is 5.91. The van der Waals surface area contributed by atoms with Gasteiger partial charge in [0.25, 0.3) is 0 Å². The highest BCUT2D eigenvalue weighted by molar-refractivity contribution is 14.1. The highest BCUT2D eigenvalue weighted by Crippen LogP contribution is 2.33. The molecule has 0 amide bonds. The molecule has 2 aromatic rings. The molecule has 1 N–H and O–H groups in total. The van der Waals surface area contributed by atoms with Crippen LogP contribution in [-0.2, 0) is 0 Å². The molecule has 0 spiro atoms. The molecular formula is C18H24INS. The molecule has 114 valence electrons. The van der Waals surface area contributed by atoms with Gasteiger partial charge in [0.05, 0.1) is 8.93 Å². The minimum Gasteiger partial charge on any atom is -0.309 e. The van der Waals surface area contributed by atoms with Crippen molar-refractivity contribution in [3.8, 4) is 0 Å². The Bertz CT molecular complexity index is 601. The smallest absolute Gasteiger partial charge is 0.0656 e. The molecule has 0 radical (unpaired) electrons. The second-order valence-electron chi connectivity index (χ2n) is 6.10. The quantitative estimate of drug-likeness (QED) is 0.601. The van der Waals surface area contributed by atoms with Crippen molar-refractivity contribution in [2.75, 3.05) is 7.05 Å². The lowest BCUT2D eigenvalue weighted by Gasteiger charge is -2.23. The SMILES string of the molecule is CNC(c1csc(I)c1)c1ccc(C(C)C)cc1C(C)C. The Morgan fingerprint density at radius 3 is 2.14 bits per heavy atom. The molecule has 0 saturated carbocycles. The second kappa shape index (κ2) is 7.25. The molecule has 1 heterocycles. The highest BCUT2D eigenvalue weighted by atomic mass is 127. The molecule has 1 aromatic carbocycles. The van der Waals surface area contributed by atoms with Gasteiger partial charge in [0.2, 0.25) is 0 Å². The predicted molar refractivity (Wildman–Crippen MR) is 103 cm³/mol. The Morgan fingerprint density at radius 1 is 0.952 bits per heavy atom. The lowest BCUT2D eigenvalue weighted by atomic mass is 9.87. The Hall–Kier alpha value is -0.390. The lowest BCUT2D eigenvalue weighted by Crippen LogP contribution is -2.19. The molecule has 2 rings (SSSR count). The summed E-state index contributed by atoms with van der Waals surface area (Å²) in [5, 5.41) is 5.76. The minimum atomic E-state index is 0.281. The van der Waals surface area contributed by atoms with Crippen molar-refractivity contribution in [3.63, 3.8) is 0 Å². The van der Waals surface area contributed by atoms with Crippen molar-refractivity contribution in [3.05, 3.63) is 54.8 Å². The molecule has 0 aliphatic rings. The molecule has 1 aromatic heterocycles. The monoisotopic (exact) mass is 413 g/mol. The number of hydrogen-bond acceptors (Lipinski definition) is 2. The van der Waals surface area contributed by atoms with E-state index < -0.39 is 0 Å². The van der Waals surface area contributed by atoms with Gasteiger partial charge in [-0.3, -0.25) is 0 Å². The number of halogens is 1. The van der Waals surface area contributed by atoms with Crippen LogP contribution < -0.4 is 5.32 Å². The average Bonchev–Trinajstić information content (AvgIpc) is 2.86. The molecule has 0 aliphatic carbocycles. The maximum atomic E-state index is 3.50. The van der Waals surface area contributed by atoms with Crippen LogP contribution in [0.15, 0.2) is 29.6 Å². The number of benzene rings is 1. The molecule has 0 fully saturated rings. The van der Waals surface area contributed by atoms with Crippen molar-refractivity contribution < 1.29 is 0 Å². The molecular weight excluding hydrogens is 389 g/mol. The van der Waals surface area contributed by atoms with Gasteiger partial charge in [-0.25, -0.2) is 0 Å². The van der Waals surface area contributed by atoms with Gasteiger partial charge >= 0.3 is 0 Å². The third kappa shape index (κ3) is 3.88. The van der Waals surface area contributed by atoms with Crippen LogP contribution in [0.2, 0.25) is 0 Å². The van der Waals surface area contributed by atoms with Gasteiger partial charge in [0.1, 0.15) is 0 Å². The van der Waals surface area contributed by atoms with Crippen LogP contribution in [0.3, 0.4) is 0 Å². The van der Waals surface area contributed by atoms with Crippen molar-refractivity contribution in [1.82, 2.24) is 5.32 Å². The fraction of sp³-hybridized carbons (Fsp3) is 0.444. The first-order valence-corrected chi connectivity index (χ1v) is 9.44. The first-order chi connectivity index (χ1) is 9.93. The Morgan fingerprint density at radius 2 is 1.67 bits per heavy atom. The van der Waals surface area contributed by atoms with E-state index in [1.54, 1.807) is 0 Å². The lowest BCUT2D eigenvalue weighted by molar-refractivity contribution is 0.674. The first kappa shape index (κ1) is 17.0. The van der Waals surface area contributed by atoms with Gasteiger partial charge in [-0.05, 0) is 75.2 Å². The fourth-order valence-electron chi connectivity index (χ4n) is 2.69. The summed E-state index contributed by atoms with van der Waals surface area (Å²) in [7, 11) is 2.05. The Kier molecular flexibility index (Phi) is 5.86. The zero-order chi connectivity index (χ0) is 15.6. The molecule has 0 saturated heterocycles. The van der Waals surface area contributed by atoms with E-state index in [4.69, 9.17) is 0 Å². The summed E-state index contributed by atoms with van der Waals surface area (Å²) in [5.41, 5.74) is 5.66. The van der Waals surface area contributed by atoms with Crippen LogP contribution in [0.5, 0.6) is 0 Å². The first-order valence-electron chi connectivity index (χ1n) is 7.49. The second-order valence-corrected chi connectivity index (χ2v) is 8.91. The summed E-state index contributed by atoms with van der Waals surface area (Å²) in [6, 6.07) is 9.56. The molecule has 0 bridgehead atoms. The van der Waals surface area contributed by atoms with Gasteiger partial charge in [-0.2, -0.15) is 0 Å². The van der Waals surface area contributed by atoms with Crippen molar-refractivity contribution in [2.24, 2.45) is 0 Å². The molecule has 1 unspecified atom stereocenters. The van der Waals surface area contributed by atoms with Crippen LogP contribution in [0.1, 0.15) is 67.8 Å². The normalized spacial score (nSPS) is 13.1. The van der Waals surface area contributed by atoms with Crippen LogP contribution in [0.25, 0.3) is 0 Å². The Labute approximate surface area is 146 Å².